The molecule has 0 radical (unpaired) electrons. The second-order valence-electron chi connectivity index (χ2n) is 2.24. The van der Waals surface area contributed by atoms with Crippen LogP contribution in [0.15, 0.2) is 24.3 Å². The molecule has 0 atom stereocenters. The van der Waals surface area contributed by atoms with E-state index in [0.717, 1.165) is 6.21 Å². The van der Waals surface area contributed by atoms with Crippen molar-refractivity contribution in [2.75, 3.05) is 5.32 Å². The average Bonchev–Trinajstić information content (AvgIpc) is 2.09. The molecule has 1 amide bonds. The van der Waals surface area contributed by atoms with Crippen molar-refractivity contribution >= 4 is 29.4 Å². The molecule has 5 heteroatoms. The average molecular weight is 196 g/mol. The molecule has 0 aliphatic heterocycles. The molecule has 0 saturated carbocycles. The van der Waals surface area contributed by atoms with Gasteiger partial charge in [0.05, 0.1) is 0 Å². The van der Waals surface area contributed by atoms with Gasteiger partial charge in [0, 0.05) is 10.7 Å². The molecule has 13 heavy (non-hydrogen) atoms. The van der Waals surface area contributed by atoms with Crippen LogP contribution in [0.2, 0.25) is 5.02 Å². The number of hydrogen-bond acceptors (Lipinski definition) is 1. The Hall–Kier alpha value is -1.64. The van der Waals surface area contributed by atoms with Crippen LogP contribution in [0.4, 0.5) is 5.69 Å². The fourth-order valence-electron chi connectivity index (χ4n) is 0.760. The Morgan fingerprint density at radius 3 is 2.62 bits per heavy atom. The molecule has 1 aromatic carbocycles. The van der Waals surface area contributed by atoms with E-state index >= 15 is 0 Å². The lowest BCUT2D eigenvalue weighted by Gasteiger charge is -1.98. The van der Waals surface area contributed by atoms with Gasteiger partial charge in [0.15, 0.2) is 0 Å². The van der Waals surface area contributed by atoms with Crippen molar-refractivity contribution in [3.63, 3.8) is 0 Å². The van der Waals surface area contributed by atoms with Gasteiger partial charge in [0.2, 0.25) is 0 Å². The zero-order valence-corrected chi connectivity index (χ0v) is 7.32. The smallest absolute Gasteiger partial charge is 0.344 e. The number of benzene rings is 1. The van der Waals surface area contributed by atoms with Crippen molar-refractivity contribution in [1.29, 1.82) is 0 Å². The van der Waals surface area contributed by atoms with Gasteiger partial charge in [-0.05, 0) is 24.3 Å². The molecule has 0 aliphatic rings. The Kier molecular flexibility index (Phi) is 3.20. The van der Waals surface area contributed by atoms with Crippen molar-refractivity contribution in [3.8, 4) is 0 Å². The lowest BCUT2D eigenvalue weighted by atomic mass is 10.3. The number of anilines is 1. The number of nitrogens with one attached hydrogen (secondary N) is 1. The van der Waals surface area contributed by atoms with Crippen LogP contribution in [-0.2, 0) is 4.79 Å². The van der Waals surface area contributed by atoms with Crippen LogP contribution in [0.25, 0.3) is 5.53 Å². The van der Waals surface area contributed by atoms with Crippen LogP contribution in [0.1, 0.15) is 0 Å². The molecule has 0 spiro atoms. The maximum Gasteiger partial charge on any atom is 0.344 e. The first-order valence-corrected chi connectivity index (χ1v) is 3.84. The molecule has 0 unspecified atom stereocenters. The molecular weight excluding hydrogens is 190 g/mol. The Bertz CT molecular complexity index is 354. The zero-order valence-electron chi connectivity index (χ0n) is 6.57. The highest BCUT2D eigenvalue weighted by atomic mass is 35.5. The Morgan fingerprint density at radius 2 is 2.08 bits per heavy atom. The lowest BCUT2D eigenvalue weighted by molar-refractivity contribution is -0.113. The van der Waals surface area contributed by atoms with Crippen LogP contribution >= 0.6 is 11.6 Å². The van der Waals surface area contributed by atoms with Crippen molar-refractivity contribution in [1.82, 2.24) is 0 Å². The van der Waals surface area contributed by atoms with Gasteiger partial charge in [-0.25, -0.2) is 0 Å². The van der Waals surface area contributed by atoms with Gasteiger partial charge in [-0.1, -0.05) is 11.6 Å². The molecule has 1 rings (SSSR count). The number of halogens is 1. The summed E-state index contributed by atoms with van der Waals surface area (Å²) in [5.74, 6) is -0.496. The highest BCUT2D eigenvalue weighted by molar-refractivity contribution is 6.31. The normalized spacial score (nSPS) is 8.69. The standard InChI is InChI=1S/C8H6ClN3O/c9-6-1-3-7(4-2-6)12-8(13)5-11-10/h1-5H,(H,12,13). The summed E-state index contributed by atoms with van der Waals surface area (Å²) in [5, 5.41) is 3.05. The number of rotatable bonds is 2. The Balaban J connectivity index is 2.69. The van der Waals surface area contributed by atoms with E-state index in [1.165, 1.54) is 0 Å². The van der Waals surface area contributed by atoms with E-state index in [0.29, 0.717) is 10.7 Å². The summed E-state index contributed by atoms with van der Waals surface area (Å²) in [6.07, 6.45) is 0.772. The van der Waals surface area contributed by atoms with Gasteiger partial charge in [0.25, 0.3) is 0 Å². The van der Waals surface area contributed by atoms with E-state index in [4.69, 9.17) is 17.1 Å². The highest BCUT2D eigenvalue weighted by Gasteiger charge is 2.01. The van der Waals surface area contributed by atoms with Crippen LogP contribution in [0, 0.1) is 0 Å². The van der Waals surface area contributed by atoms with E-state index < -0.39 is 5.91 Å². The molecule has 0 bridgehead atoms. The van der Waals surface area contributed by atoms with Gasteiger partial charge < -0.3 is 10.8 Å². The van der Waals surface area contributed by atoms with Gasteiger partial charge in [-0.2, -0.15) is 4.79 Å². The first kappa shape index (κ1) is 9.45. The predicted molar refractivity (Wildman–Crippen MR) is 49.8 cm³/mol. The summed E-state index contributed by atoms with van der Waals surface area (Å²) in [7, 11) is 0. The van der Waals surface area contributed by atoms with Gasteiger partial charge in [-0.15, -0.1) is 0 Å². The number of carbonyl (C=O) groups excluding carboxylic acids is 1. The predicted octanol–water partition coefficient (Wildman–Crippen LogP) is 1.58. The third-order valence-electron chi connectivity index (χ3n) is 1.29. The van der Waals surface area contributed by atoms with Crippen LogP contribution in [0.3, 0.4) is 0 Å². The van der Waals surface area contributed by atoms with Crippen LogP contribution in [0.5, 0.6) is 0 Å². The minimum Gasteiger partial charge on any atom is -0.361 e. The fourth-order valence-corrected chi connectivity index (χ4v) is 0.886. The van der Waals surface area contributed by atoms with Crippen LogP contribution < -0.4 is 5.32 Å². The maximum absolute atomic E-state index is 10.8. The number of nitrogens with zero attached hydrogens (tertiary/aromatic N) is 2. The summed E-state index contributed by atoms with van der Waals surface area (Å²) >= 11 is 5.63. The second kappa shape index (κ2) is 4.40. The molecule has 66 valence electrons. The molecule has 1 aromatic rings. The molecule has 0 saturated heterocycles. The summed E-state index contributed by atoms with van der Waals surface area (Å²) in [6, 6.07) is 6.58. The number of carbonyl (C=O) groups is 1. The minimum absolute atomic E-state index is 0.496. The number of amides is 1. The summed E-state index contributed by atoms with van der Waals surface area (Å²) < 4.78 is 0. The third kappa shape index (κ3) is 3.07. The summed E-state index contributed by atoms with van der Waals surface area (Å²) in [5.41, 5.74) is 8.64. The van der Waals surface area contributed by atoms with E-state index in [-0.39, 0.29) is 0 Å². The quantitative estimate of drug-likeness (QED) is 0.435. The van der Waals surface area contributed by atoms with E-state index in [9.17, 15) is 4.79 Å². The highest BCUT2D eigenvalue weighted by Crippen LogP contribution is 2.12. The maximum atomic E-state index is 10.8. The molecule has 0 heterocycles. The van der Waals surface area contributed by atoms with Crippen molar-refractivity contribution < 1.29 is 9.58 Å². The monoisotopic (exact) mass is 195 g/mol. The fraction of sp³-hybridized carbons (Fsp3) is 0. The molecule has 0 aliphatic carbocycles. The summed E-state index contributed by atoms with van der Waals surface area (Å²) in [4.78, 5) is 13.4. The van der Waals surface area contributed by atoms with Gasteiger partial charge in [-0.3, -0.25) is 4.79 Å². The zero-order chi connectivity index (χ0) is 9.68. The molecular formula is C8H6ClN3O. The molecule has 1 N–H and O–H groups in total. The van der Waals surface area contributed by atoms with Gasteiger partial charge >= 0.3 is 12.1 Å². The largest absolute Gasteiger partial charge is 0.361 e. The molecule has 4 nitrogen and oxygen atoms in total. The SMILES string of the molecule is [N-]=[N+]=CC(=O)Nc1ccc(Cl)cc1. The van der Waals surface area contributed by atoms with Crippen molar-refractivity contribution in [3.05, 3.63) is 34.8 Å². The summed E-state index contributed by atoms with van der Waals surface area (Å²) in [6.45, 7) is 0. The van der Waals surface area contributed by atoms with E-state index in [1.54, 1.807) is 24.3 Å². The van der Waals surface area contributed by atoms with Crippen molar-refractivity contribution in [2.24, 2.45) is 0 Å². The van der Waals surface area contributed by atoms with Crippen LogP contribution in [-0.4, -0.2) is 16.9 Å². The topological polar surface area (TPSA) is 65.5 Å². The van der Waals surface area contributed by atoms with Crippen molar-refractivity contribution in [2.45, 2.75) is 0 Å². The second-order valence-corrected chi connectivity index (χ2v) is 2.68. The molecule has 0 fully saturated rings. The Morgan fingerprint density at radius 1 is 1.46 bits per heavy atom. The minimum atomic E-state index is -0.496. The molecule has 0 aromatic heterocycles. The van der Waals surface area contributed by atoms with E-state index in [2.05, 4.69) is 10.1 Å². The van der Waals surface area contributed by atoms with E-state index in [1.807, 2.05) is 0 Å². The Labute approximate surface area is 79.8 Å². The third-order valence-corrected chi connectivity index (χ3v) is 1.54. The number of hydrogen-bond donors (Lipinski definition) is 1. The lowest BCUT2D eigenvalue weighted by Crippen LogP contribution is -2.12. The first-order chi connectivity index (χ1) is 6.22. The van der Waals surface area contributed by atoms with Gasteiger partial charge in [0.1, 0.15) is 0 Å². The first-order valence-electron chi connectivity index (χ1n) is 3.46.